The summed E-state index contributed by atoms with van der Waals surface area (Å²) in [6.45, 7) is 5.40. The highest BCUT2D eigenvalue weighted by molar-refractivity contribution is 5.85. The molecule has 1 fully saturated rings. The van der Waals surface area contributed by atoms with Crippen molar-refractivity contribution in [2.24, 2.45) is 7.05 Å². The van der Waals surface area contributed by atoms with Crippen molar-refractivity contribution in [3.63, 3.8) is 0 Å². The molecule has 0 atom stereocenters. The van der Waals surface area contributed by atoms with E-state index in [0.29, 0.717) is 0 Å². The van der Waals surface area contributed by atoms with Gasteiger partial charge in [0.25, 0.3) is 0 Å². The molecule has 7 heteroatoms. The summed E-state index contributed by atoms with van der Waals surface area (Å²) < 4.78 is 7.15. The molecule has 4 rings (SSSR count). The predicted molar refractivity (Wildman–Crippen MR) is 96.2 cm³/mol. The Balaban J connectivity index is 1.39. The fourth-order valence-corrected chi connectivity index (χ4v) is 3.07. The van der Waals surface area contributed by atoms with Crippen LogP contribution in [0.15, 0.2) is 36.8 Å². The molecule has 0 radical (unpaired) electrons. The molecular formula is C18H22N6O. The Bertz CT molecular complexity index is 838. The Morgan fingerprint density at radius 2 is 1.84 bits per heavy atom. The van der Waals surface area contributed by atoms with Gasteiger partial charge in [-0.1, -0.05) is 24.3 Å². The summed E-state index contributed by atoms with van der Waals surface area (Å²) in [4.78, 5) is 11.0. The van der Waals surface area contributed by atoms with Gasteiger partial charge in [-0.3, -0.25) is 9.58 Å². The highest BCUT2D eigenvalue weighted by Gasteiger charge is 2.11. The lowest BCUT2D eigenvalue weighted by Crippen LogP contribution is -2.35. The molecule has 1 aliphatic heterocycles. The van der Waals surface area contributed by atoms with Crippen molar-refractivity contribution in [3.8, 4) is 0 Å². The van der Waals surface area contributed by atoms with E-state index in [1.807, 2.05) is 7.05 Å². The van der Waals surface area contributed by atoms with Gasteiger partial charge in [0.1, 0.15) is 12.1 Å². The summed E-state index contributed by atoms with van der Waals surface area (Å²) in [5.74, 6) is 0.815. The number of hydrogen-bond acceptors (Lipinski definition) is 6. The van der Waals surface area contributed by atoms with Gasteiger partial charge >= 0.3 is 0 Å². The molecule has 1 aromatic carbocycles. The predicted octanol–water partition coefficient (Wildman–Crippen LogP) is 1.81. The van der Waals surface area contributed by atoms with Crippen LogP contribution < -0.4 is 5.32 Å². The maximum absolute atomic E-state index is 5.40. The van der Waals surface area contributed by atoms with E-state index in [1.165, 1.54) is 11.1 Å². The minimum absolute atomic E-state index is 0.721. The summed E-state index contributed by atoms with van der Waals surface area (Å²) in [5.41, 5.74) is 3.39. The molecule has 2 aromatic heterocycles. The first-order valence-corrected chi connectivity index (χ1v) is 8.54. The van der Waals surface area contributed by atoms with E-state index in [4.69, 9.17) is 4.74 Å². The van der Waals surface area contributed by atoms with Gasteiger partial charge in [0.2, 0.25) is 0 Å². The van der Waals surface area contributed by atoms with Crippen LogP contribution in [-0.2, 0) is 24.9 Å². The van der Waals surface area contributed by atoms with Gasteiger partial charge in [-0.2, -0.15) is 5.10 Å². The fraction of sp³-hybridized carbons (Fsp3) is 0.389. The Labute approximate surface area is 146 Å². The summed E-state index contributed by atoms with van der Waals surface area (Å²) in [6.07, 6.45) is 3.36. The van der Waals surface area contributed by atoms with E-state index >= 15 is 0 Å². The molecule has 1 N–H and O–H groups in total. The van der Waals surface area contributed by atoms with Crippen molar-refractivity contribution >= 4 is 16.9 Å². The second-order valence-corrected chi connectivity index (χ2v) is 6.29. The molecule has 0 saturated carbocycles. The summed E-state index contributed by atoms with van der Waals surface area (Å²) in [5, 5.41) is 8.56. The van der Waals surface area contributed by atoms with Crippen LogP contribution in [0.5, 0.6) is 0 Å². The molecule has 1 saturated heterocycles. The number of aryl methyl sites for hydroxylation is 1. The van der Waals surface area contributed by atoms with Crippen molar-refractivity contribution in [3.05, 3.63) is 47.9 Å². The molecule has 3 heterocycles. The van der Waals surface area contributed by atoms with Crippen LogP contribution in [0, 0.1) is 0 Å². The van der Waals surface area contributed by atoms with E-state index in [1.54, 1.807) is 17.2 Å². The molecule has 25 heavy (non-hydrogen) atoms. The van der Waals surface area contributed by atoms with Crippen LogP contribution in [0.2, 0.25) is 0 Å². The summed E-state index contributed by atoms with van der Waals surface area (Å²) in [7, 11) is 1.88. The Morgan fingerprint density at radius 1 is 1.08 bits per heavy atom. The van der Waals surface area contributed by atoms with Gasteiger partial charge in [0.15, 0.2) is 5.65 Å². The zero-order valence-electron chi connectivity index (χ0n) is 14.4. The quantitative estimate of drug-likeness (QED) is 0.765. The smallest absolute Gasteiger partial charge is 0.163 e. The number of morpholine rings is 1. The summed E-state index contributed by atoms with van der Waals surface area (Å²) in [6, 6.07) is 8.74. The van der Waals surface area contributed by atoms with E-state index in [0.717, 1.165) is 56.2 Å². The number of anilines is 1. The number of benzene rings is 1. The topological polar surface area (TPSA) is 68.1 Å². The Kier molecular flexibility index (Phi) is 4.58. The maximum Gasteiger partial charge on any atom is 0.163 e. The molecular weight excluding hydrogens is 316 g/mol. The number of nitrogens with zero attached hydrogens (tertiary/aromatic N) is 5. The SMILES string of the molecule is Cn1ncc2c(NCc3ccc(CN4CCOCC4)cc3)ncnc21. The van der Waals surface area contributed by atoms with E-state index in [-0.39, 0.29) is 0 Å². The first kappa shape index (κ1) is 16.0. The Morgan fingerprint density at radius 3 is 2.64 bits per heavy atom. The number of aromatic nitrogens is 4. The third-order valence-corrected chi connectivity index (χ3v) is 4.52. The second kappa shape index (κ2) is 7.16. The van der Waals surface area contributed by atoms with Crippen LogP contribution in [0.3, 0.4) is 0 Å². The van der Waals surface area contributed by atoms with Crippen LogP contribution in [-0.4, -0.2) is 51.0 Å². The van der Waals surface area contributed by atoms with Gasteiger partial charge in [-0.25, -0.2) is 9.97 Å². The molecule has 0 amide bonds. The van der Waals surface area contributed by atoms with Crippen molar-refractivity contribution in [1.82, 2.24) is 24.6 Å². The minimum atomic E-state index is 0.721. The molecule has 1 aliphatic rings. The number of nitrogens with one attached hydrogen (secondary N) is 1. The third kappa shape index (κ3) is 3.62. The number of fused-ring (bicyclic) bond motifs is 1. The van der Waals surface area contributed by atoms with Crippen molar-refractivity contribution < 1.29 is 4.74 Å². The molecule has 3 aromatic rings. The number of ether oxygens (including phenoxy) is 1. The number of hydrogen-bond donors (Lipinski definition) is 1. The molecule has 0 bridgehead atoms. The average molecular weight is 338 g/mol. The lowest BCUT2D eigenvalue weighted by molar-refractivity contribution is 0.0342. The average Bonchev–Trinajstić information content (AvgIpc) is 3.04. The molecule has 0 unspecified atom stereocenters. The highest BCUT2D eigenvalue weighted by Crippen LogP contribution is 2.18. The Hall–Kier alpha value is -2.51. The molecule has 7 nitrogen and oxygen atoms in total. The van der Waals surface area contributed by atoms with Crippen LogP contribution in [0.1, 0.15) is 11.1 Å². The van der Waals surface area contributed by atoms with Gasteiger partial charge in [0, 0.05) is 33.2 Å². The van der Waals surface area contributed by atoms with Crippen LogP contribution in [0.4, 0.5) is 5.82 Å². The van der Waals surface area contributed by atoms with Gasteiger partial charge < -0.3 is 10.1 Å². The lowest BCUT2D eigenvalue weighted by Gasteiger charge is -2.26. The number of rotatable bonds is 5. The first-order valence-electron chi connectivity index (χ1n) is 8.54. The summed E-state index contributed by atoms with van der Waals surface area (Å²) >= 11 is 0. The van der Waals surface area contributed by atoms with Gasteiger partial charge in [-0.05, 0) is 11.1 Å². The normalized spacial score (nSPS) is 15.6. The lowest BCUT2D eigenvalue weighted by atomic mass is 10.1. The standard InChI is InChI=1S/C18H22N6O/c1-23-18-16(11-22-23)17(20-13-21-18)19-10-14-2-4-15(5-3-14)12-24-6-8-25-9-7-24/h2-5,11,13H,6-10,12H2,1H3,(H,19,20,21). The molecule has 130 valence electrons. The molecule has 0 spiro atoms. The van der Waals surface area contributed by atoms with E-state index in [9.17, 15) is 0 Å². The second-order valence-electron chi connectivity index (χ2n) is 6.29. The largest absolute Gasteiger partial charge is 0.379 e. The first-order chi connectivity index (χ1) is 12.3. The highest BCUT2D eigenvalue weighted by atomic mass is 16.5. The van der Waals surface area contributed by atoms with Gasteiger partial charge in [-0.15, -0.1) is 0 Å². The van der Waals surface area contributed by atoms with Crippen molar-refractivity contribution in [1.29, 1.82) is 0 Å². The van der Waals surface area contributed by atoms with Crippen molar-refractivity contribution in [2.75, 3.05) is 31.6 Å². The zero-order chi connectivity index (χ0) is 17.1. The minimum Gasteiger partial charge on any atom is -0.379 e. The van der Waals surface area contributed by atoms with Gasteiger partial charge in [0.05, 0.1) is 24.8 Å². The molecule has 0 aliphatic carbocycles. The van der Waals surface area contributed by atoms with Crippen LogP contribution in [0.25, 0.3) is 11.0 Å². The maximum atomic E-state index is 5.40. The third-order valence-electron chi connectivity index (χ3n) is 4.52. The van der Waals surface area contributed by atoms with Crippen LogP contribution >= 0.6 is 0 Å². The van der Waals surface area contributed by atoms with Crippen molar-refractivity contribution in [2.45, 2.75) is 13.1 Å². The van der Waals surface area contributed by atoms with E-state index in [2.05, 4.69) is 49.5 Å². The van der Waals surface area contributed by atoms with E-state index < -0.39 is 0 Å². The fourth-order valence-electron chi connectivity index (χ4n) is 3.07. The monoisotopic (exact) mass is 338 g/mol. The zero-order valence-corrected chi connectivity index (χ0v) is 14.4.